The highest BCUT2D eigenvalue weighted by Crippen LogP contribution is 2.36. The first-order valence-corrected chi connectivity index (χ1v) is 20.0. The fourth-order valence-corrected chi connectivity index (χ4v) is 7.40. The summed E-state index contributed by atoms with van der Waals surface area (Å²) in [6.45, 7) is 0.709. The van der Waals surface area contributed by atoms with Gasteiger partial charge < -0.3 is 0 Å². The fraction of sp³-hybridized carbons (Fsp3) is 0.0377. The first kappa shape index (κ1) is 36.3. The van der Waals surface area contributed by atoms with E-state index in [0.717, 1.165) is 79.5 Å². The number of allylic oxidation sites excluding steroid dienone is 1. The van der Waals surface area contributed by atoms with Crippen LogP contribution in [0.4, 0.5) is 0 Å². The smallest absolute Gasteiger partial charge is 0.161 e. The quantitative estimate of drug-likeness (QED) is 0.145. The van der Waals surface area contributed by atoms with E-state index in [1.165, 1.54) is 0 Å². The predicted octanol–water partition coefficient (Wildman–Crippen LogP) is 12.1. The Morgan fingerprint density at radius 3 is 1.32 bits per heavy atom. The molecular weight excluding hydrogens is 735 g/mol. The zero-order valence-corrected chi connectivity index (χ0v) is 32.6. The second-order valence-corrected chi connectivity index (χ2v) is 14.4. The summed E-state index contributed by atoms with van der Waals surface area (Å²) in [6, 6.07) is 63.3. The molecule has 0 bridgehead atoms. The molecule has 4 aromatic heterocycles. The number of pyridine rings is 2. The number of hydrogen-bond donors (Lipinski definition) is 0. The summed E-state index contributed by atoms with van der Waals surface area (Å²) in [5, 5.41) is 0. The summed E-state index contributed by atoms with van der Waals surface area (Å²) in [7, 11) is 0. The standard InChI is InChI=1S/C53H37N7/c1-5-18-36(19-6-1)46-34-47(37-20-7-2-8-21-37)59-53(58-46)42-27-14-13-26-41(42)40-32-49(43-28-15-16-31-54-43)56-50(33-40)44-29-17-30-45(55-44)51-35-48(38-22-9-3-10-23-38)57-52(60-51)39-24-11-4-12-25-39/h1-15,17-30,32-35H,16,31H2. The second kappa shape index (κ2) is 16.4. The minimum atomic E-state index is 0.632. The van der Waals surface area contributed by atoms with Gasteiger partial charge in [0.1, 0.15) is 0 Å². The average Bonchev–Trinajstić information content (AvgIpc) is 3.35. The molecule has 284 valence electrons. The van der Waals surface area contributed by atoms with Crippen molar-refractivity contribution in [2.45, 2.75) is 6.42 Å². The molecule has 5 aromatic carbocycles. The molecular formula is C53H37N7. The number of dihydropyridines is 1. The molecule has 0 spiro atoms. The Labute approximate surface area is 348 Å². The maximum Gasteiger partial charge on any atom is 0.161 e. The lowest BCUT2D eigenvalue weighted by Crippen LogP contribution is -2.07. The van der Waals surface area contributed by atoms with Crippen LogP contribution in [0.3, 0.4) is 0 Å². The summed E-state index contributed by atoms with van der Waals surface area (Å²) in [5.74, 6) is 1.27. The Hall–Kier alpha value is -8.03. The van der Waals surface area contributed by atoms with Gasteiger partial charge in [0.15, 0.2) is 11.6 Å². The van der Waals surface area contributed by atoms with Gasteiger partial charge in [-0.3, -0.25) is 4.99 Å². The fourth-order valence-electron chi connectivity index (χ4n) is 7.40. The minimum Gasteiger partial charge on any atom is -0.283 e. The molecule has 7 nitrogen and oxygen atoms in total. The molecule has 0 aliphatic carbocycles. The van der Waals surface area contributed by atoms with Crippen molar-refractivity contribution in [2.75, 3.05) is 6.54 Å². The second-order valence-electron chi connectivity index (χ2n) is 14.4. The SMILES string of the molecule is C1=CC(c2cc(-c3ccccc3-c3nc(-c4ccccc4)cc(-c4ccccc4)n3)cc(-c3cccc(-c4cc(-c5ccccc5)nc(-c5ccccc5)n4)n3)n2)=NCC1. The Balaban J connectivity index is 1.12. The number of nitrogens with zero attached hydrogens (tertiary/aromatic N) is 7. The number of aliphatic imine (C=N–C) groups is 1. The van der Waals surface area contributed by atoms with Crippen molar-refractivity contribution in [3.8, 4) is 90.5 Å². The van der Waals surface area contributed by atoms with E-state index in [4.69, 9.17) is 34.9 Å². The van der Waals surface area contributed by atoms with Gasteiger partial charge in [-0.2, -0.15) is 0 Å². The van der Waals surface area contributed by atoms with E-state index in [1.54, 1.807) is 0 Å². The number of aromatic nitrogens is 6. The van der Waals surface area contributed by atoms with Gasteiger partial charge in [-0.25, -0.2) is 29.9 Å². The van der Waals surface area contributed by atoms with Gasteiger partial charge in [0, 0.05) is 34.4 Å². The molecule has 0 atom stereocenters. The van der Waals surface area contributed by atoms with E-state index in [2.05, 4.69) is 84.9 Å². The van der Waals surface area contributed by atoms with Gasteiger partial charge >= 0.3 is 0 Å². The van der Waals surface area contributed by atoms with Crippen molar-refractivity contribution >= 4 is 5.71 Å². The first-order chi connectivity index (χ1) is 29.7. The zero-order chi connectivity index (χ0) is 40.1. The monoisotopic (exact) mass is 771 g/mol. The van der Waals surface area contributed by atoms with Gasteiger partial charge in [0.05, 0.1) is 51.3 Å². The third-order valence-electron chi connectivity index (χ3n) is 10.4. The molecule has 7 heteroatoms. The largest absolute Gasteiger partial charge is 0.283 e. The molecule has 60 heavy (non-hydrogen) atoms. The topological polar surface area (TPSA) is 89.7 Å². The average molecular weight is 772 g/mol. The highest BCUT2D eigenvalue weighted by molar-refractivity contribution is 6.08. The van der Waals surface area contributed by atoms with Crippen molar-refractivity contribution in [1.82, 2.24) is 29.9 Å². The van der Waals surface area contributed by atoms with Gasteiger partial charge in [0.25, 0.3) is 0 Å². The van der Waals surface area contributed by atoms with E-state index >= 15 is 0 Å². The molecule has 5 heterocycles. The predicted molar refractivity (Wildman–Crippen MR) is 242 cm³/mol. The van der Waals surface area contributed by atoms with Crippen LogP contribution in [0.5, 0.6) is 0 Å². The summed E-state index contributed by atoms with van der Waals surface area (Å²) >= 11 is 0. The van der Waals surface area contributed by atoms with Crippen molar-refractivity contribution in [3.05, 3.63) is 206 Å². The van der Waals surface area contributed by atoms with Crippen LogP contribution in [0.1, 0.15) is 12.1 Å². The van der Waals surface area contributed by atoms with Gasteiger partial charge in [-0.1, -0.05) is 158 Å². The van der Waals surface area contributed by atoms with Gasteiger partial charge in [0.2, 0.25) is 0 Å². The molecule has 0 radical (unpaired) electrons. The summed E-state index contributed by atoms with van der Waals surface area (Å²) < 4.78 is 0. The molecule has 1 aliphatic rings. The maximum absolute atomic E-state index is 5.24. The van der Waals surface area contributed by atoms with Crippen molar-refractivity contribution < 1.29 is 0 Å². The maximum atomic E-state index is 5.24. The molecule has 0 amide bonds. The highest BCUT2D eigenvalue weighted by Gasteiger charge is 2.19. The highest BCUT2D eigenvalue weighted by atomic mass is 14.9. The van der Waals surface area contributed by atoms with Crippen molar-refractivity contribution in [3.63, 3.8) is 0 Å². The summed E-state index contributed by atoms with van der Waals surface area (Å²) in [4.78, 5) is 35.8. The van der Waals surface area contributed by atoms with E-state index in [-0.39, 0.29) is 0 Å². The molecule has 0 unspecified atom stereocenters. The Morgan fingerprint density at radius 1 is 0.300 bits per heavy atom. The molecule has 0 saturated carbocycles. The zero-order valence-electron chi connectivity index (χ0n) is 32.6. The minimum absolute atomic E-state index is 0.632. The lowest BCUT2D eigenvalue weighted by atomic mass is 9.96. The number of rotatable bonds is 9. The molecule has 0 saturated heterocycles. The lowest BCUT2D eigenvalue weighted by molar-refractivity contribution is 0.991. The Morgan fingerprint density at radius 2 is 0.750 bits per heavy atom. The normalized spacial score (nSPS) is 12.2. The Bertz CT molecular complexity index is 2900. The third kappa shape index (κ3) is 7.67. The molecule has 0 N–H and O–H groups in total. The van der Waals surface area contributed by atoms with Crippen molar-refractivity contribution in [2.24, 2.45) is 4.99 Å². The van der Waals surface area contributed by atoms with Crippen LogP contribution in [0.2, 0.25) is 0 Å². The molecule has 0 fully saturated rings. The first-order valence-electron chi connectivity index (χ1n) is 20.0. The number of benzene rings is 5. The van der Waals surface area contributed by atoms with Crippen LogP contribution in [0.25, 0.3) is 90.5 Å². The molecule has 10 rings (SSSR count). The summed E-state index contributed by atoms with van der Waals surface area (Å²) in [6.07, 6.45) is 5.11. The molecule has 9 aromatic rings. The van der Waals surface area contributed by atoms with Crippen LogP contribution in [0, 0.1) is 0 Å². The van der Waals surface area contributed by atoms with Crippen LogP contribution in [-0.2, 0) is 0 Å². The summed E-state index contributed by atoms with van der Waals surface area (Å²) in [5.41, 5.74) is 13.8. The van der Waals surface area contributed by atoms with Crippen LogP contribution < -0.4 is 0 Å². The van der Waals surface area contributed by atoms with Crippen LogP contribution in [0.15, 0.2) is 205 Å². The lowest BCUT2D eigenvalue weighted by Gasteiger charge is -2.15. The third-order valence-corrected chi connectivity index (χ3v) is 10.4. The molecule has 1 aliphatic heterocycles. The van der Waals surface area contributed by atoms with Crippen molar-refractivity contribution in [1.29, 1.82) is 0 Å². The van der Waals surface area contributed by atoms with Crippen LogP contribution in [-0.4, -0.2) is 42.2 Å². The van der Waals surface area contributed by atoms with Gasteiger partial charge in [-0.15, -0.1) is 0 Å². The van der Waals surface area contributed by atoms with E-state index in [0.29, 0.717) is 35.3 Å². The van der Waals surface area contributed by atoms with E-state index in [1.807, 2.05) is 115 Å². The number of hydrogen-bond acceptors (Lipinski definition) is 7. The van der Waals surface area contributed by atoms with E-state index in [9.17, 15) is 0 Å². The van der Waals surface area contributed by atoms with Crippen LogP contribution >= 0.6 is 0 Å². The Kier molecular flexibility index (Phi) is 9.96. The van der Waals surface area contributed by atoms with Gasteiger partial charge in [-0.05, 0) is 60.0 Å². The van der Waals surface area contributed by atoms with E-state index < -0.39 is 0 Å².